The number of phenols is 2. The van der Waals surface area contributed by atoms with Crippen LogP contribution >= 0.6 is 45.8 Å². The Kier molecular flexibility index (Phi) is 24.6. The molecule has 0 saturated carbocycles. The van der Waals surface area contributed by atoms with Crippen molar-refractivity contribution in [3.63, 3.8) is 0 Å². The smallest absolute Gasteiger partial charge is 0.342 e. The number of phenolic OH excluding ortho intramolecular Hbond substituents is 2. The van der Waals surface area contributed by atoms with Gasteiger partial charge in [-0.05, 0) is 84.9 Å². The van der Waals surface area contributed by atoms with Crippen LogP contribution in [-0.2, 0) is 58.7 Å². The van der Waals surface area contributed by atoms with Crippen molar-refractivity contribution in [2.24, 2.45) is 11.8 Å². The third kappa shape index (κ3) is 15.7. The molecular weight excluding hydrogens is 1100 g/mol. The fourth-order valence-corrected chi connectivity index (χ4v) is 9.42. The molecule has 2 heterocycles. The second-order valence-corrected chi connectivity index (χ2v) is 20.4. The van der Waals surface area contributed by atoms with Crippen molar-refractivity contribution in [1.29, 1.82) is 0 Å². The highest BCUT2D eigenvalue weighted by atomic mass is 127. The van der Waals surface area contributed by atoms with E-state index in [1.54, 1.807) is 61.5 Å². The Morgan fingerprint density at radius 1 is 0.903 bits per heavy atom. The lowest BCUT2D eigenvalue weighted by atomic mass is 9.88. The number of ether oxygens (including phenoxy) is 8. The predicted molar refractivity (Wildman–Crippen MR) is 275 cm³/mol. The lowest BCUT2D eigenvalue weighted by Crippen LogP contribution is -2.64. The highest BCUT2D eigenvalue weighted by Crippen LogP contribution is 2.45. The van der Waals surface area contributed by atoms with Crippen molar-refractivity contribution in [3.05, 3.63) is 67.8 Å². The van der Waals surface area contributed by atoms with E-state index in [2.05, 4.69) is 22.6 Å². The van der Waals surface area contributed by atoms with Gasteiger partial charge in [-0.2, -0.15) is 0 Å². The van der Waals surface area contributed by atoms with Crippen LogP contribution in [0.2, 0.25) is 10.0 Å². The lowest BCUT2D eigenvalue weighted by molar-refractivity contribution is -0.333. The summed E-state index contributed by atoms with van der Waals surface area (Å²) in [5, 5.41) is 64.6. The molecule has 6 N–H and O–H groups in total. The first-order chi connectivity index (χ1) is 33.6. The van der Waals surface area contributed by atoms with Crippen molar-refractivity contribution < 1.29 is 87.7 Å². The summed E-state index contributed by atoms with van der Waals surface area (Å²) < 4.78 is 47.4. The zero-order chi connectivity index (χ0) is 54.7. The Bertz CT molecular complexity index is 2190. The summed E-state index contributed by atoms with van der Waals surface area (Å²) in [7, 11) is 1.26. The van der Waals surface area contributed by atoms with Crippen LogP contribution in [-0.4, -0.2) is 152 Å². The number of aliphatic hydroxyl groups is 4. The maximum Gasteiger partial charge on any atom is 0.342 e. The number of aliphatic hydroxyl groups excluding tert-OH is 4. The summed E-state index contributed by atoms with van der Waals surface area (Å²) in [6.07, 6.45) is -7.50. The van der Waals surface area contributed by atoms with Crippen molar-refractivity contribution >= 4 is 69.5 Å². The molecule has 1 aromatic rings. The lowest BCUT2D eigenvalue weighted by Gasteiger charge is -2.47. The third-order valence-corrected chi connectivity index (χ3v) is 14.2. The second kappa shape index (κ2) is 28.1. The van der Waals surface area contributed by atoms with Crippen molar-refractivity contribution in [2.45, 2.75) is 182 Å². The molecule has 2 aliphatic rings. The first-order valence-electron chi connectivity index (χ1n) is 23.8. The number of esters is 3. The Morgan fingerprint density at radius 2 is 1.54 bits per heavy atom. The minimum Gasteiger partial charge on any atom is -0.505 e. The monoisotopic (exact) mass is 1170 g/mol. The summed E-state index contributed by atoms with van der Waals surface area (Å²) in [6.45, 7) is 19.4. The van der Waals surface area contributed by atoms with E-state index in [1.807, 2.05) is 26.0 Å². The van der Waals surface area contributed by atoms with Gasteiger partial charge >= 0.3 is 17.9 Å². The largest absolute Gasteiger partial charge is 0.505 e. The predicted octanol–water partition coefficient (Wildman–Crippen LogP) is 6.94. The van der Waals surface area contributed by atoms with Crippen molar-refractivity contribution in [3.8, 4) is 11.5 Å². The molecule has 21 heteroatoms. The van der Waals surface area contributed by atoms with E-state index < -0.39 is 138 Å². The molecule has 0 aromatic heterocycles. The molecule has 0 bridgehead atoms. The molecule has 2 fully saturated rings. The number of carbonyl (C=O) groups excluding carboxylic acids is 4. The zero-order valence-corrected chi connectivity index (χ0v) is 46.8. The van der Waals surface area contributed by atoms with Crippen LogP contribution in [0.5, 0.6) is 11.5 Å². The van der Waals surface area contributed by atoms with E-state index >= 15 is 0 Å². The van der Waals surface area contributed by atoms with Crippen LogP contribution in [0.3, 0.4) is 0 Å². The van der Waals surface area contributed by atoms with Crippen LogP contribution < -0.4 is 0 Å². The van der Waals surface area contributed by atoms with Gasteiger partial charge < -0.3 is 68.5 Å². The summed E-state index contributed by atoms with van der Waals surface area (Å²) in [4.78, 5) is 52.4. The molecule has 0 spiro atoms. The number of carbonyl (C=O) groups is 4. The van der Waals surface area contributed by atoms with Crippen LogP contribution in [0, 0.1) is 11.8 Å². The van der Waals surface area contributed by atoms with Gasteiger partial charge in [0.15, 0.2) is 48.2 Å². The number of hydrogen-bond acceptors (Lipinski definition) is 18. The van der Waals surface area contributed by atoms with Gasteiger partial charge in [-0.25, -0.2) is 9.59 Å². The van der Waals surface area contributed by atoms with Gasteiger partial charge in [0.2, 0.25) is 0 Å². The Hall–Kier alpha value is -3.19. The number of ketones is 1. The van der Waals surface area contributed by atoms with Gasteiger partial charge in [0.25, 0.3) is 0 Å². The van der Waals surface area contributed by atoms with E-state index in [4.69, 9.17) is 61.1 Å². The molecule has 0 radical (unpaired) electrons. The number of methoxy groups -OCH3 is 1. The van der Waals surface area contributed by atoms with Crippen LogP contribution in [0.4, 0.5) is 0 Å². The molecule has 2 saturated heterocycles. The Balaban J connectivity index is 1.79. The van der Waals surface area contributed by atoms with Gasteiger partial charge in [-0.1, -0.05) is 103 Å². The van der Waals surface area contributed by atoms with Gasteiger partial charge in [0.05, 0.1) is 41.4 Å². The third-order valence-electron chi connectivity index (χ3n) is 12.6. The molecule has 2 aliphatic heterocycles. The molecule has 1 aromatic carbocycles. The Labute approximate surface area is 445 Å². The number of aromatic hydroxyl groups is 2. The minimum absolute atomic E-state index is 0.00180. The minimum atomic E-state index is -1.61. The average molecular weight is 1170 g/mol. The molecule has 0 amide bonds. The van der Waals surface area contributed by atoms with Gasteiger partial charge in [-0.3, -0.25) is 9.59 Å². The Morgan fingerprint density at radius 3 is 2.08 bits per heavy atom. The summed E-state index contributed by atoms with van der Waals surface area (Å²) >= 11 is 14.3. The molecule has 18 nitrogen and oxygen atoms in total. The van der Waals surface area contributed by atoms with Crippen molar-refractivity contribution in [2.75, 3.05) is 18.1 Å². The molecule has 13 unspecified atom stereocenters. The quantitative estimate of drug-likeness (QED) is 0.0123. The molecule has 406 valence electrons. The molecule has 13 atom stereocenters. The van der Waals surface area contributed by atoms with Gasteiger partial charge in [0, 0.05) is 23.9 Å². The fourth-order valence-electron chi connectivity index (χ4n) is 8.17. The highest BCUT2D eigenvalue weighted by Gasteiger charge is 2.53. The standard InChI is InChI=1S/C51H73Cl2IO18/c1-14-29(20-25(7)32(56)21-54)42(70-49-40(60)39(59)45(51(11,12)72-49)71-46(62)23(4)5)26(8)19-24(6)17-18-33(27(9)55)68-47(63)30(15-2)22-66-50-44(65-13)41(61)43(28(10)67-50)69-48(64)34-31(16-3)35(52)38(58)36(53)37(34)57/h15,17,19-20,23,28-29,32-33,39-45,49-50,56-61H,14,16,18,21-22H2,1-13H3/b24-17+,25-20+,26-19+,30-15+. The highest BCUT2D eigenvalue weighted by molar-refractivity contribution is 14.1. The van der Waals surface area contributed by atoms with Crippen LogP contribution in [0.25, 0.3) is 0 Å². The number of hydrogen-bond donors (Lipinski definition) is 6. The number of rotatable bonds is 23. The van der Waals surface area contributed by atoms with E-state index in [0.717, 1.165) is 0 Å². The second-order valence-electron chi connectivity index (χ2n) is 18.8. The number of halogens is 3. The summed E-state index contributed by atoms with van der Waals surface area (Å²) in [6, 6.07) is 0. The van der Waals surface area contributed by atoms with Crippen LogP contribution in [0.15, 0.2) is 46.6 Å². The molecule has 72 heavy (non-hydrogen) atoms. The zero-order valence-electron chi connectivity index (χ0n) is 43.1. The van der Waals surface area contributed by atoms with Crippen LogP contribution in [0.1, 0.15) is 112 Å². The van der Waals surface area contributed by atoms with E-state index in [1.165, 1.54) is 27.0 Å². The van der Waals surface area contributed by atoms with E-state index in [-0.39, 0.29) is 34.9 Å². The normalized spacial score (nSPS) is 26.9. The topological polar surface area (TPSA) is 263 Å². The molecule has 3 rings (SSSR count). The number of alkyl halides is 1. The first kappa shape index (κ1) is 63.1. The fraction of sp³-hybridized carbons (Fsp3) is 0.647. The number of benzene rings is 1. The van der Waals surface area contributed by atoms with Gasteiger partial charge in [0.1, 0.15) is 40.6 Å². The molecular formula is C51H73Cl2IO18. The average Bonchev–Trinajstić information content (AvgIpc) is 3.32. The maximum atomic E-state index is 13.6. The van der Waals surface area contributed by atoms with E-state index in [9.17, 15) is 49.8 Å². The number of Topliss-reactive ketones (excluding diaryl/α,β-unsaturated/α-hetero) is 1. The number of allylic oxidation sites excluding steroid dienone is 3. The molecule has 0 aliphatic carbocycles. The van der Waals surface area contributed by atoms with Gasteiger partial charge in [-0.15, -0.1) is 0 Å². The SMILES string of the molecule is C/C=C(\COC1OC(C)C(OC(=O)c2c(O)c(Cl)c(O)c(Cl)c2CC)C(O)C1OC)C(=O)OC(C/C=C(C)/C=C(\C)C(OC1OC(C)(C)C(OC(=O)C(C)C)C(O)C1O)C(/C=C(\C)C(O)CI)CC)C(C)=O. The maximum absolute atomic E-state index is 13.6. The summed E-state index contributed by atoms with van der Waals surface area (Å²) in [5.41, 5.74) is 0.405. The van der Waals surface area contributed by atoms with E-state index in [0.29, 0.717) is 27.6 Å². The first-order valence-corrected chi connectivity index (χ1v) is 26.0. The van der Waals surface area contributed by atoms with Crippen molar-refractivity contribution in [1.82, 2.24) is 0 Å². The summed E-state index contributed by atoms with van der Waals surface area (Å²) in [5.74, 6) is -5.21.